The lowest BCUT2D eigenvalue weighted by Gasteiger charge is -2.11. The summed E-state index contributed by atoms with van der Waals surface area (Å²) in [6, 6.07) is 1.24. The third-order valence-electron chi connectivity index (χ3n) is 2.79. The van der Waals surface area contributed by atoms with Gasteiger partial charge in [0.05, 0.1) is 19.3 Å². The van der Waals surface area contributed by atoms with Crippen molar-refractivity contribution in [3.63, 3.8) is 0 Å². The summed E-state index contributed by atoms with van der Waals surface area (Å²) in [5.74, 6) is 0.381. The molecule has 1 atom stereocenters. The highest BCUT2D eigenvalue weighted by Crippen LogP contribution is 2.17. The van der Waals surface area contributed by atoms with Gasteiger partial charge in [0.25, 0.3) is 6.43 Å². The summed E-state index contributed by atoms with van der Waals surface area (Å²) in [6.45, 7) is 2.37. The predicted octanol–water partition coefficient (Wildman–Crippen LogP) is 2.02. The molecule has 19 heavy (non-hydrogen) atoms. The number of ether oxygens (including phenoxy) is 2. The monoisotopic (exact) mass is 273 g/mol. The van der Waals surface area contributed by atoms with Crippen molar-refractivity contribution in [1.82, 2.24) is 9.97 Å². The molecule has 0 aliphatic carbocycles. The first-order valence-electron chi connectivity index (χ1n) is 6.29. The summed E-state index contributed by atoms with van der Waals surface area (Å²) in [5, 5.41) is 2.92. The molecule has 0 amide bonds. The van der Waals surface area contributed by atoms with Crippen molar-refractivity contribution in [3.8, 4) is 0 Å². The van der Waals surface area contributed by atoms with E-state index in [-0.39, 0.29) is 11.8 Å². The zero-order chi connectivity index (χ0) is 13.5. The molecule has 2 heterocycles. The molecule has 7 heteroatoms. The number of nitrogens with one attached hydrogen (secondary N) is 1. The molecule has 1 aliphatic heterocycles. The van der Waals surface area contributed by atoms with Gasteiger partial charge in [-0.1, -0.05) is 0 Å². The van der Waals surface area contributed by atoms with Crippen LogP contribution < -0.4 is 5.32 Å². The van der Waals surface area contributed by atoms with Gasteiger partial charge in [-0.25, -0.2) is 18.7 Å². The smallest absolute Gasteiger partial charge is 0.280 e. The zero-order valence-electron chi connectivity index (χ0n) is 10.5. The maximum Gasteiger partial charge on any atom is 0.280 e. The SMILES string of the molecule is FC(F)c1cc(NCCOCC2CCCO2)ncn1. The van der Waals surface area contributed by atoms with Gasteiger partial charge in [0.15, 0.2) is 0 Å². The van der Waals surface area contributed by atoms with Crippen LogP contribution in [0.3, 0.4) is 0 Å². The predicted molar refractivity (Wildman–Crippen MR) is 65.3 cm³/mol. The lowest BCUT2D eigenvalue weighted by molar-refractivity contribution is 0.0206. The Balaban J connectivity index is 1.63. The van der Waals surface area contributed by atoms with Crippen LogP contribution in [0.4, 0.5) is 14.6 Å². The normalized spacial score (nSPS) is 19.0. The molecule has 1 saturated heterocycles. The number of hydrogen-bond acceptors (Lipinski definition) is 5. The van der Waals surface area contributed by atoms with Gasteiger partial charge in [-0.2, -0.15) is 0 Å². The molecule has 0 spiro atoms. The standard InChI is InChI=1S/C12H17F2N3O2/c13-12(14)10-6-11(17-8-16-10)15-3-5-18-7-9-2-1-4-19-9/h6,8-9,12H,1-5,7H2,(H,15,16,17). The second-order valence-corrected chi connectivity index (χ2v) is 4.27. The van der Waals surface area contributed by atoms with Crippen molar-refractivity contribution in [1.29, 1.82) is 0 Å². The van der Waals surface area contributed by atoms with Crippen molar-refractivity contribution >= 4 is 5.82 Å². The second-order valence-electron chi connectivity index (χ2n) is 4.27. The Morgan fingerprint density at radius 2 is 2.37 bits per heavy atom. The molecule has 1 aliphatic rings. The van der Waals surface area contributed by atoms with Crippen LogP contribution in [0.25, 0.3) is 0 Å². The Labute approximate surface area is 110 Å². The fourth-order valence-corrected chi connectivity index (χ4v) is 1.83. The van der Waals surface area contributed by atoms with E-state index in [0.717, 1.165) is 25.8 Å². The van der Waals surface area contributed by atoms with Gasteiger partial charge in [0, 0.05) is 19.2 Å². The van der Waals surface area contributed by atoms with E-state index < -0.39 is 6.43 Å². The molecule has 1 aromatic heterocycles. The molecule has 0 saturated carbocycles. The molecule has 1 fully saturated rings. The summed E-state index contributed by atoms with van der Waals surface area (Å²) in [6.07, 6.45) is 0.862. The van der Waals surface area contributed by atoms with Crippen LogP contribution in [0.1, 0.15) is 25.0 Å². The number of rotatable bonds is 7. The molecule has 2 rings (SSSR count). The fraction of sp³-hybridized carbons (Fsp3) is 0.667. The molecule has 1 unspecified atom stereocenters. The number of alkyl halides is 2. The number of aromatic nitrogens is 2. The number of nitrogens with zero attached hydrogens (tertiary/aromatic N) is 2. The van der Waals surface area contributed by atoms with Crippen LogP contribution in [0, 0.1) is 0 Å². The van der Waals surface area contributed by atoms with Gasteiger partial charge in [-0.15, -0.1) is 0 Å². The lowest BCUT2D eigenvalue weighted by Crippen LogP contribution is -2.18. The average Bonchev–Trinajstić information content (AvgIpc) is 2.92. The first-order chi connectivity index (χ1) is 9.25. The first-order valence-corrected chi connectivity index (χ1v) is 6.29. The molecule has 1 N–H and O–H groups in total. The topological polar surface area (TPSA) is 56.3 Å². The number of hydrogen-bond donors (Lipinski definition) is 1. The van der Waals surface area contributed by atoms with E-state index in [2.05, 4.69) is 15.3 Å². The van der Waals surface area contributed by atoms with E-state index >= 15 is 0 Å². The highest BCUT2D eigenvalue weighted by molar-refractivity contribution is 5.34. The van der Waals surface area contributed by atoms with Crippen LogP contribution in [-0.4, -0.2) is 42.4 Å². The van der Waals surface area contributed by atoms with Gasteiger partial charge >= 0.3 is 0 Å². The van der Waals surface area contributed by atoms with E-state index in [4.69, 9.17) is 9.47 Å². The largest absolute Gasteiger partial charge is 0.377 e. The highest BCUT2D eigenvalue weighted by Gasteiger charge is 2.15. The van der Waals surface area contributed by atoms with Crippen molar-refractivity contribution in [3.05, 3.63) is 18.1 Å². The molecule has 0 radical (unpaired) electrons. The van der Waals surface area contributed by atoms with E-state index in [0.29, 0.717) is 25.6 Å². The number of halogens is 2. The molecule has 0 bridgehead atoms. The van der Waals surface area contributed by atoms with Crippen molar-refractivity contribution < 1.29 is 18.3 Å². The van der Waals surface area contributed by atoms with Crippen LogP contribution >= 0.6 is 0 Å². The van der Waals surface area contributed by atoms with Crippen molar-refractivity contribution in [2.75, 3.05) is 31.7 Å². The van der Waals surface area contributed by atoms with Crippen LogP contribution in [0.5, 0.6) is 0 Å². The molecule has 106 valence electrons. The maximum absolute atomic E-state index is 12.4. The Morgan fingerprint density at radius 3 is 3.11 bits per heavy atom. The van der Waals surface area contributed by atoms with Gasteiger partial charge in [-0.3, -0.25) is 0 Å². The first kappa shape index (κ1) is 14.1. The Kier molecular flexibility index (Phi) is 5.41. The van der Waals surface area contributed by atoms with Crippen LogP contribution in [0.15, 0.2) is 12.4 Å². The highest BCUT2D eigenvalue weighted by atomic mass is 19.3. The molecule has 0 aromatic carbocycles. The zero-order valence-corrected chi connectivity index (χ0v) is 10.5. The van der Waals surface area contributed by atoms with E-state index in [1.54, 1.807) is 0 Å². The minimum atomic E-state index is -2.58. The Morgan fingerprint density at radius 1 is 1.47 bits per heavy atom. The van der Waals surface area contributed by atoms with Gasteiger partial charge in [0.2, 0.25) is 0 Å². The molecule has 5 nitrogen and oxygen atoms in total. The van der Waals surface area contributed by atoms with E-state index in [1.165, 1.54) is 6.07 Å². The molecular weight excluding hydrogens is 256 g/mol. The van der Waals surface area contributed by atoms with E-state index in [9.17, 15) is 8.78 Å². The Hall–Kier alpha value is -1.34. The summed E-state index contributed by atoms with van der Waals surface area (Å²) in [4.78, 5) is 7.35. The third kappa shape index (κ3) is 4.68. The quantitative estimate of drug-likeness (QED) is 0.770. The maximum atomic E-state index is 12.4. The lowest BCUT2D eigenvalue weighted by atomic mass is 10.2. The van der Waals surface area contributed by atoms with Crippen molar-refractivity contribution in [2.45, 2.75) is 25.4 Å². The minimum absolute atomic E-state index is 0.199. The van der Waals surface area contributed by atoms with Crippen molar-refractivity contribution in [2.24, 2.45) is 0 Å². The van der Waals surface area contributed by atoms with Gasteiger partial charge < -0.3 is 14.8 Å². The van der Waals surface area contributed by atoms with Crippen LogP contribution in [0.2, 0.25) is 0 Å². The van der Waals surface area contributed by atoms with E-state index in [1.807, 2.05) is 0 Å². The summed E-state index contributed by atoms with van der Waals surface area (Å²) >= 11 is 0. The summed E-state index contributed by atoms with van der Waals surface area (Å²) in [7, 11) is 0. The summed E-state index contributed by atoms with van der Waals surface area (Å²) in [5.41, 5.74) is -0.280. The van der Waals surface area contributed by atoms with Gasteiger partial charge in [-0.05, 0) is 12.8 Å². The second kappa shape index (κ2) is 7.30. The molecule has 1 aromatic rings. The summed E-state index contributed by atoms with van der Waals surface area (Å²) < 4.78 is 35.7. The fourth-order valence-electron chi connectivity index (χ4n) is 1.83. The molecular formula is C12H17F2N3O2. The minimum Gasteiger partial charge on any atom is -0.377 e. The third-order valence-corrected chi connectivity index (χ3v) is 2.79. The van der Waals surface area contributed by atoms with Gasteiger partial charge in [0.1, 0.15) is 17.8 Å². The van der Waals surface area contributed by atoms with Crippen LogP contribution in [-0.2, 0) is 9.47 Å². The average molecular weight is 273 g/mol. The number of anilines is 1. The Bertz CT molecular complexity index is 387.